The zero-order chi connectivity index (χ0) is 20.9. The molecule has 158 valence electrons. The molecule has 2 aromatic heterocycles. The van der Waals surface area contributed by atoms with E-state index in [0.717, 1.165) is 17.7 Å². The zero-order valence-corrected chi connectivity index (χ0v) is 18.7. The van der Waals surface area contributed by atoms with Gasteiger partial charge in [-0.05, 0) is 24.3 Å². The summed E-state index contributed by atoms with van der Waals surface area (Å²) in [5.41, 5.74) is 0.591. The van der Waals surface area contributed by atoms with Gasteiger partial charge in [-0.2, -0.15) is 0 Å². The molecule has 1 saturated heterocycles. The van der Waals surface area contributed by atoms with Gasteiger partial charge in [-0.15, -0.1) is 22.7 Å². The first kappa shape index (κ1) is 21.9. The fraction of sp³-hybridized carbons (Fsp3) is 0.526. The van der Waals surface area contributed by atoms with E-state index in [1.807, 2.05) is 24.4 Å². The van der Waals surface area contributed by atoms with E-state index < -0.39 is 9.84 Å². The maximum atomic E-state index is 12.9. The second-order valence-electron chi connectivity index (χ2n) is 7.12. The predicted octanol–water partition coefficient (Wildman–Crippen LogP) is 2.74. The van der Waals surface area contributed by atoms with Gasteiger partial charge < -0.3 is 10.2 Å². The predicted molar refractivity (Wildman–Crippen MR) is 116 cm³/mol. The number of amides is 2. The van der Waals surface area contributed by atoms with Crippen molar-refractivity contribution >= 4 is 49.5 Å². The van der Waals surface area contributed by atoms with Crippen LogP contribution in [-0.2, 0) is 32.3 Å². The van der Waals surface area contributed by atoms with Gasteiger partial charge in [0, 0.05) is 22.8 Å². The largest absolute Gasteiger partial charge is 0.338 e. The van der Waals surface area contributed by atoms with Gasteiger partial charge >= 0.3 is 0 Å². The van der Waals surface area contributed by atoms with Crippen molar-refractivity contribution in [1.29, 1.82) is 0 Å². The zero-order valence-electron chi connectivity index (χ0n) is 16.3. The van der Waals surface area contributed by atoms with Crippen LogP contribution in [0.5, 0.6) is 0 Å². The second-order valence-corrected chi connectivity index (χ2v) is 11.2. The highest BCUT2D eigenvalue weighted by Crippen LogP contribution is 2.21. The van der Waals surface area contributed by atoms with Crippen LogP contribution in [0.1, 0.15) is 36.8 Å². The molecule has 0 bridgehead atoms. The lowest BCUT2D eigenvalue weighted by Gasteiger charge is -2.28. The van der Waals surface area contributed by atoms with Crippen molar-refractivity contribution in [2.75, 3.05) is 23.4 Å². The molecule has 1 unspecified atom stereocenters. The number of nitrogens with one attached hydrogen (secondary N) is 1. The molecule has 10 heteroatoms. The number of sulfone groups is 1. The smallest absolute Gasteiger partial charge is 0.231 e. The number of anilines is 1. The molecule has 3 rings (SSSR count). The van der Waals surface area contributed by atoms with Crippen LogP contribution < -0.4 is 5.32 Å². The summed E-state index contributed by atoms with van der Waals surface area (Å²) in [4.78, 5) is 32.0. The number of hydrogen-bond acceptors (Lipinski definition) is 7. The lowest BCUT2D eigenvalue weighted by molar-refractivity contribution is -0.132. The monoisotopic (exact) mass is 455 g/mol. The maximum Gasteiger partial charge on any atom is 0.231 e. The summed E-state index contributed by atoms with van der Waals surface area (Å²) in [7, 11) is -3.06. The summed E-state index contributed by atoms with van der Waals surface area (Å²) >= 11 is 2.81. The highest BCUT2D eigenvalue weighted by atomic mass is 32.2. The fourth-order valence-corrected chi connectivity index (χ4v) is 6.46. The van der Waals surface area contributed by atoms with E-state index in [9.17, 15) is 18.0 Å². The summed E-state index contributed by atoms with van der Waals surface area (Å²) < 4.78 is 23.7. The number of nitrogens with zero attached hydrogens (tertiary/aromatic N) is 2. The van der Waals surface area contributed by atoms with E-state index in [1.54, 1.807) is 10.3 Å². The summed E-state index contributed by atoms with van der Waals surface area (Å²) in [6.45, 7) is 2.60. The van der Waals surface area contributed by atoms with Crippen molar-refractivity contribution in [3.63, 3.8) is 0 Å². The minimum absolute atomic E-state index is 0.0452. The normalized spacial score (nSPS) is 17.9. The fourth-order valence-electron chi connectivity index (χ4n) is 3.30. The molecule has 0 spiro atoms. The SMILES string of the molecule is CCCCN(C(=O)Cc1csc(NC(=O)Cc2cccs2)n1)C1CCS(=O)(=O)C1. The number of thiophene rings is 1. The van der Waals surface area contributed by atoms with Gasteiger partial charge in [0.15, 0.2) is 15.0 Å². The quantitative estimate of drug-likeness (QED) is 0.627. The lowest BCUT2D eigenvalue weighted by Crippen LogP contribution is -2.42. The van der Waals surface area contributed by atoms with Crippen LogP contribution in [0.15, 0.2) is 22.9 Å². The first-order valence-corrected chi connectivity index (χ1v) is 13.2. The van der Waals surface area contributed by atoms with E-state index in [2.05, 4.69) is 10.3 Å². The number of unbranched alkanes of at least 4 members (excludes halogenated alkanes) is 1. The number of carbonyl (C=O) groups excluding carboxylic acids is 2. The van der Waals surface area contributed by atoms with E-state index in [-0.39, 0.29) is 35.8 Å². The van der Waals surface area contributed by atoms with Gasteiger partial charge in [-0.1, -0.05) is 19.4 Å². The van der Waals surface area contributed by atoms with Crippen LogP contribution in [0, 0.1) is 0 Å². The molecule has 0 aromatic carbocycles. The Kier molecular flexibility index (Phi) is 7.42. The van der Waals surface area contributed by atoms with Gasteiger partial charge in [0.05, 0.1) is 30.0 Å². The Balaban J connectivity index is 1.59. The third kappa shape index (κ3) is 6.35. The molecular formula is C19H25N3O4S3. The molecule has 1 fully saturated rings. The number of thiazole rings is 1. The Morgan fingerprint density at radius 3 is 2.79 bits per heavy atom. The van der Waals surface area contributed by atoms with Crippen molar-refractivity contribution in [2.24, 2.45) is 0 Å². The third-order valence-corrected chi connectivity index (χ3v) is 8.20. The Bertz CT molecular complexity index is 938. The Hall–Kier alpha value is -1.78. The first-order valence-electron chi connectivity index (χ1n) is 9.63. The summed E-state index contributed by atoms with van der Waals surface area (Å²) in [6.07, 6.45) is 2.67. The second kappa shape index (κ2) is 9.82. The average Bonchev–Trinajstić information content (AvgIpc) is 3.38. The highest BCUT2D eigenvalue weighted by molar-refractivity contribution is 7.91. The summed E-state index contributed by atoms with van der Waals surface area (Å²) in [6, 6.07) is 3.56. The average molecular weight is 456 g/mol. The van der Waals surface area contributed by atoms with E-state index in [1.165, 1.54) is 22.7 Å². The van der Waals surface area contributed by atoms with Crippen molar-refractivity contribution in [3.05, 3.63) is 33.5 Å². The summed E-state index contributed by atoms with van der Waals surface area (Å²) in [5, 5.41) is 6.94. The Morgan fingerprint density at radius 1 is 1.31 bits per heavy atom. The molecule has 7 nitrogen and oxygen atoms in total. The van der Waals surface area contributed by atoms with Crippen LogP contribution in [0.3, 0.4) is 0 Å². The molecule has 2 amide bonds. The minimum atomic E-state index is -3.06. The van der Waals surface area contributed by atoms with Crippen LogP contribution in [0.25, 0.3) is 0 Å². The van der Waals surface area contributed by atoms with Gasteiger partial charge in [0.2, 0.25) is 11.8 Å². The van der Waals surface area contributed by atoms with Gasteiger partial charge in [0.25, 0.3) is 0 Å². The van der Waals surface area contributed by atoms with Crippen LogP contribution >= 0.6 is 22.7 Å². The third-order valence-electron chi connectivity index (χ3n) is 4.77. The number of hydrogen-bond donors (Lipinski definition) is 1. The molecule has 1 aliphatic heterocycles. The molecular weight excluding hydrogens is 430 g/mol. The van der Waals surface area contributed by atoms with Crippen LogP contribution in [0.4, 0.5) is 5.13 Å². The molecule has 3 heterocycles. The van der Waals surface area contributed by atoms with Crippen molar-refractivity contribution in [1.82, 2.24) is 9.88 Å². The molecule has 1 N–H and O–H groups in total. The molecule has 0 aliphatic carbocycles. The minimum Gasteiger partial charge on any atom is -0.338 e. The van der Waals surface area contributed by atoms with E-state index in [4.69, 9.17) is 0 Å². The summed E-state index contributed by atoms with van der Waals surface area (Å²) in [5.74, 6) is -0.0587. The lowest BCUT2D eigenvalue weighted by atomic mass is 10.1. The number of carbonyl (C=O) groups is 2. The topological polar surface area (TPSA) is 96.4 Å². The van der Waals surface area contributed by atoms with Crippen LogP contribution in [-0.4, -0.2) is 54.2 Å². The Labute approximate surface area is 179 Å². The van der Waals surface area contributed by atoms with E-state index >= 15 is 0 Å². The maximum absolute atomic E-state index is 12.9. The molecule has 1 atom stereocenters. The van der Waals surface area contributed by atoms with Crippen molar-refractivity contribution in [3.8, 4) is 0 Å². The van der Waals surface area contributed by atoms with Crippen molar-refractivity contribution in [2.45, 2.75) is 45.1 Å². The van der Waals surface area contributed by atoms with Crippen LogP contribution in [0.2, 0.25) is 0 Å². The molecule has 2 aromatic rings. The van der Waals surface area contributed by atoms with Gasteiger partial charge in [0.1, 0.15) is 0 Å². The molecule has 1 aliphatic rings. The van der Waals surface area contributed by atoms with E-state index in [0.29, 0.717) is 30.2 Å². The van der Waals surface area contributed by atoms with Gasteiger partial charge in [-0.25, -0.2) is 13.4 Å². The van der Waals surface area contributed by atoms with Crippen molar-refractivity contribution < 1.29 is 18.0 Å². The molecule has 0 saturated carbocycles. The highest BCUT2D eigenvalue weighted by Gasteiger charge is 2.34. The first-order chi connectivity index (χ1) is 13.9. The van der Waals surface area contributed by atoms with Gasteiger partial charge in [-0.3, -0.25) is 9.59 Å². The standard InChI is InChI=1S/C19H25N3O4S3/c1-2-3-7-22(15-6-9-29(25,26)13-15)18(24)10-14-12-28-19(20-14)21-17(23)11-16-5-4-8-27-16/h4-5,8,12,15H,2-3,6-7,9-11,13H2,1H3,(H,20,21,23). The Morgan fingerprint density at radius 2 is 2.14 bits per heavy atom. The number of rotatable bonds is 9. The molecule has 29 heavy (non-hydrogen) atoms. The molecule has 0 radical (unpaired) electrons. The number of aromatic nitrogens is 1.